The van der Waals surface area contributed by atoms with Crippen LogP contribution in [-0.4, -0.2) is 21.8 Å². The summed E-state index contributed by atoms with van der Waals surface area (Å²) < 4.78 is 13.5. The van der Waals surface area contributed by atoms with Gasteiger partial charge in [-0.1, -0.05) is 17.7 Å². The van der Waals surface area contributed by atoms with Gasteiger partial charge in [0.25, 0.3) is 0 Å². The van der Waals surface area contributed by atoms with Gasteiger partial charge >= 0.3 is 0 Å². The number of nitrogens with zero attached hydrogens (tertiary/aromatic N) is 3. The zero-order valence-electron chi connectivity index (χ0n) is 22.0. The van der Waals surface area contributed by atoms with Crippen LogP contribution in [0.3, 0.4) is 0 Å². The topological polar surface area (TPSA) is 51.6 Å². The SMILES string of the molecule is COc1ccc(Oc2ccc(N3C(=S)N[C@@H](c4ccccn4)[C@@H]3c3cccn3-c3ccc(Cl)c(C)c3)cc2)cc1. The number of aromatic nitrogens is 2. The van der Waals surface area contributed by atoms with Crippen molar-refractivity contribution in [2.45, 2.75) is 19.0 Å². The van der Waals surface area contributed by atoms with E-state index in [4.69, 9.17) is 33.3 Å². The molecule has 5 aromatic rings. The van der Waals surface area contributed by atoms with Crippen LogP contribution in [0.2, 0.25) is 5.02 Å². The monoisotopic (exact) mass is 566 g/mol. The average molecular weight is 567 g/mol. The van der Waals surface area contributed by atoms with Crippen LogP contribution in [0.1, 0.15) is 29.0 Å². The molecule has 2 aromatic heterocycles. The lowest BCUT2D eigenvalue weighted by molar-refractivity contribution is 0.413. The lowest BCUT2D eigenvalue weighted by atomic mass is 10.0. The highest BCUT2D eigenvalue weighted by Crippen LogP contribution is 2.43. The van der Waals surface area contributed by atoms with Crippen LogP contribution in [0.15, 0.2) is 109 Å². The molecule has 0 bridgehead atoms. The van der Waals surface area contributed by atoms with Gasteiger partial charge in [-0.25, -0.2) is 0 Å². The Hall–Kier alpha value is -4.33. The Morgan fingerprint density at radius 2 is 1.55 bits per heavy atom. The minimum atomic E-state index is -0.165. The first-order valence-electron chi connectivity index (χ1n) is 12.9. The molecular weight excluding hydrogens is 540 g/mol. The molecule has 1 saturated heterocycles. The summed E-state index contributed by atoms with van der Waals surface area (Å²) in [6.45, 7) is 2.01. The highest BCUT2D eigenvalue weighted by Gasteiger charge is 2.42. The standard InChI is InChI=1S/C32H27ClN4O2S/c1-21-20-23(10-17-27(21)33)36-19-5-7-29(36)31-30(28-6-3-4-18-34-28)35-32(40)37(31)22-8-11-25(12-9-22)39-26-15-13-24(38-2)14-16-26/h3-20,30-31H,1-2H3,(H,35,40)/t30-,31-/m0/s1. The van der Waals surface area contributed by atoms with E-state index < -0.39 is 0 Å². The first kappa shape index (κ1) is 25.9. The van der Waals surface area contributed by atoms with Crippen molar-refractivity contribution in [1.29, 1.82) is 0 Å². The first-order chi connectivity index (χ1) is 19.5. The van der Waals surface area contributed by atoms with E-state index in [9.17, 15) is 0 Å². The van der Waals surface area contributed by atoms with E-state index in [2.05, 4.69) is 44.2 Å². The number of thiocarbonyl (C=S) groups is 1. The largest absolute Gasteiger partial charge is 0.497 e. The molecule has 1 aliphatic heterocycles. The number of hydrogen-bond acceptors (Lipinski definition) is 4. The summed E-state index contributed by atoms with van der Waals surface area (Å²) in [4.78, 5) is 6.83. The molecule has 8 heteroatoms. The number of halogens is 1. The van der Waals surface area contributed by atoms with Crippen molar-refractivity contribution in [2.24, 2.45) is 0 Å². The summed E-state index contributed by atoms with van der Waals surface area (Å²) in [5.41, 5.74) is 4.98. The maximum atomic E-state index is 6.34. The molecule has 40 heavy (non-hydrogen) atoms. The summed E-state index contributed by atoms with van der Waals surface area (Å²) in [5, 5.41) is 4.91. The van der Waals surface area contributed by atoms with Crippen molar-refractivity contribution in [3.05, 3.63) is 131 Å². The third-order valence-corrected chi connectivity index (χ3v) is 7.75. The summed E-state index contributed by atoms with van der Waals surface area (Å²) in [6.07, 6.45) is 3.88. The Balaban J connectivity index is 1.37. The van der Waals surface area contributed by atoms with Crippen molar-refractivity contribution in [3.8, 4) is 22.9 Å². The van der Waals surface area contributed by atoms with E-state index >= 15 is 0 Å². The Morgan fingerprint density at radius 3 is 2.23 bits per heavy atom. The molecule has 1 fully saturated rings. The van der Waals surface area contributed by atoms with Gasteiger partial charge in [0.2, 0.25) is 0 Å². The maximum absolute atomic E-state index is 6.34. The number of rotatable bonds is 7. The molecular formula is C32H27ClN4O2S. The normalized spacial score (nSPS) is 16.6. The quantitative estimate of drug-likeness (QED) is 0.203. The van der Waals surface area contributed by atoms with Gasteiger partial charge < -0.3 is 24.3 Å². The number of hydrogen-bond donors (Lipinski definition) is 1. The van der Waals surface area contributed by atoms with E-state index in [0.717, 1.165) is 50.6 Å². The van der Waals surface area contributed by atoms with Gasteiger partial charge in [-0.2, -0.15) is 0 Å². The highest BCUT2D eigenvalue weighted by molar-refractivity contribution is 7.80. The zero-order valence-corrected chi connectivity index (χ0v) is 23.6. The van der Waals surface area contributed by atoms with E-state index in [0.29, 0.717) is 5.11 Å². The summed E-state index contributed by atoms with van der Waals surface area (Å²) in [7, 11) is 1.64. The fraction of sp³-hybridized carbons (Fsp3) is 0.125. The van der Waals surface area contributed by atoms with Crippen molar-refractivity contribution in [1.82, 2.24) is 14.9 Å². The van der Waals surface area contributed by atoms with Crippen molar-refractivity contribution >= 4 is 34.6 Å². The van der Waals surface area contributed by atoms with Gasteiger partial charge in [-0.15, -0.1) is 0 Å². The molecule has 0 aliphatic carbocycles. The van der Waals surface area contributed by atoms with Crippen molar-refractivity contribution in [2.75, 3.05) is 12.0 Å². The van der Waals surface area contributed by atoms with Gasteiger partial charge in [-0.3, -0.25) is 4.98 Å². The number of pyridine rings is 1. The minimum Gasteiger partial charge on any atom is -0.497 e. The molecule has 2 atom stereocenters. The highest BCUT2D eigenvalue weighted by atomic mass is 35.5. The zero-order chi connectivity index (χ0) is 27.6. The second-order valence-electron chi connectivity index (χ2n) is 9.50. The number of ether oxygens (including phenoxy) is 2. The Kier molecular flexibility index (Phi) is 7.15. The third-order valence-electron chi connectivity index (χ3n) is 7.01. The molecule has 3 heterocycles. The Bertz CT molecular complexity index is 1640. The van der Waals surface area contributed by atoms with Crippen LogP contribution < -0.4 is 19.7 Å². The van der Waals surface area contributed by atoms with Crippen LogP contribution in [0.5, 0.6) is 17.2 Å². The van der Waals surface area contributed by atoms with E-state index in [1.807, 2.05) is 92.0 Å². The first-order valence-corrected chi connectivity index (χ1v) is 13.7. The van der Waals surface area contributed by atoms with Crippen LogP contribution in [-0.2, 0) is 0 Å². The van der Waals surface area contributed by atoms with Crippen molar-refractivity contribution in [3.63, 3.8) is 0 Å². The van der Waals surface area contributed by atoms with Crippen molar-refractivity contribution < 1.29 is 9.47 Å². The molecule has 6 nitrogen and oxygen atoms in total. The smallest absolute Gasteiger partial charge is 0.174 e. The number of methoxy groups -OCH3 is 1. The van der Waals surface area contributed by atoms with Gasteiger partial charge in [0.05, 0.1) is 18.8 Å². The van der Waals surface area contributed by atoms with E-state index in [1.165, 1.54) is 0 Å². The molecule has 3 aromatic carbocycles. The lowest BCUT2D eigenvalue weighted by Crippen LogP contribution is -2.30. The molecule has 0 unspecified atom stereocenters. The predicted octanol–water partition coefficient (Wildman–Crippen LogP) is 7.81. The van der Waals surface area contributed by atoms with Crippen LogP contribution in [0.25, 0.3) is 5.69 Å². The van der Waals surface area contributed by atoms with Crippen LogP contribution >= 0.6 is 23.8 Å². The van der Waals surface area contributed by atoms with E-state index in [-0.39, 0.29) is 12.1 Å². The van der Waals surface area contributed by atoms with E-state index in [1.54, 1.807) is 7.11 Å². The minimum absolute atomic E-state index is 0.161. The molecule has 0 spiro atoms. The summed E-state index contributed by atoms with van der Waals surface area (Å²) in [6, 6.07) is 31.3. The number of anilines is 1. The van der Waals surface area contributed by atoms with Gasteiger partial charge in [0.15, 0.2) is 5.11 Å². The van der Waals surface area contributed by atoms with Gasteiger partial charge in [-0.05, 0) is 116 Å². The number of aryl methyl sites for hydroxylation is 1. The Morgan fingerprint density at radius 1 is 0.850 bits per heavy atom. The van der Waals surface area contributed by atoms with Gasteiger partial charge in [0.1, 0.15) is 23.3 Å². The fourth-order valence-electron chi connectivity index (χ4n) is 5.04. The average Bonchev–Trinajstić information content (AvgIpc) is 3.60. The molecule has 6 rings (SSSR count). The number of nitrogens with one attached hydrogen (secondary N) is 1. The summed E-state index contributed by atoms with van der Waals surface area (Å²) in [5.74, 6) is 2.24. The lowest BCUT2D eigenvalue weighted by Gasteiger charge is -2.29. The second-order valence-corrected chi connectivity index (χ2v) is 10.3. The van der Waals surface area contributed by atoms with Crippen LogP contribution in [0, 0.1) is 6.92 Å². The van der Waals surface area contributed by atoms with Crippen LogP contribution in [0.4, 0.5) is 5.69 Å². The number of benzene rings is 3. The molecule has 0 amide bonds. The maximum Gasteiger partial charge on any atom is 0.174 e. The predicted molar refractivity (Wildman–Crippen MR) is 163 cm³/mol. The third kappa shape index (κ3) is 5.01. The second kappa shape index (κ2) is 11.0. The van der Waals surface area contributed by atoms with Gasteiger partial charge in [0, 0.05) is 34.5 Å². The Labute approximate surface area is 243 Å². The molecule has 0 saturated carbocycles. The molecule has 1 N–H and O–H groups in total. The molecule has 200 valence electrons. The fourth-order valence-corrected chi connectivity index (χ4v) is 5.50. The molecule has 0 radical (unpaired) electrons. The molecule has 1 aliphatic rings. The summed E-state index contributed by atoms with van der Waals surface area (Å²) >= 11 is 12.3.